The van der Waals surface area contributed by atoms with E-state index >= 15 is 0 Å². The fraction of sp³-hybridized carbons (Fsp3) is 0.471. The van der Waals surface area contributed by atoms with Crippen LogP contribution in [0.25, 0.3) is 11.0 Å². The maximum Gasteiger partial charge on any atom is 0.360 e. The summed E-state index contributed by atoms with van der Waals surface area (Å²) in [5.41, 5.74) is 0.551. The summed E-state index contributed by atoms with van der Waals surface area (Å²) >= 11 is 0. The standard InChI is InChI=1S/C17H18F3N3O2/c1-3-25-16(24)14-15(23-7-6-17(19,20)10(2)9-23)22-13-8-11(18)4-5-12(13)21-14/h4-5,8,10H,3,6-7,9H2,1-2H3. The number of benzene rings is 1. The van der Waals surface area contributed by atoms with Crippen LogP contribution in [0.3, 0.4) is 0 Å². The van der Waals surface area contributed by atoms with Gasteiger partial charge in [-0.05, 0) is 19.1 Å². The highest BCUT2D eigenvalue weighted by Crippen LogP contribution is 2.35. The average Bonchev–Trinajstić information content (AvgIpc) is 2.56. The smallest absolute Gasteiger partial charge is 0.360 e. The molecule has 1 aliphatic rings. The molecule has 25 heavy (non-hydrogen) atoms. The molecule has 2 aromatic rings. The topological polar surface area (TPSA) is 55.3 Å². The van der Waals surface area contributed by atoms with E-state index in [1.54, 1.807) is 11.8 Å². The highest BCUT2D eigenvalue weighted by atomic mass is 19.3. The maximum atomic E-state index is 13.8. The Kier molecular flexibility index (Phi) is 4.53. The molecule has 1 unspecified atom stereocenters. The summed E-state index contributed by atoms with van der Waals surface area (Å²) in [4.78, 5) is 22.4. The first-order chi connectivity index (χ1) is 11.8. The molecular weight excluding hydrogens is 335 g/mol. The zero-order valence-corrected chi connectivity index (χ0v) is 13.9. The Morgan fingerprint density at radius 2 is 2.12 bits per heavy atom. The lowest BCUT2D eigenvalue weighted by Crippen LogP contribution is -2.46. The van der Waals surface area contributed by atoms with E-state index in [0.717, 1.165) is 0 Å². The first-order valence-electron chi connectivity index (χ1n) is 8.09. The molecule has 0 aliphatic carbocycles. The molecule has 0 spiro atoms. The number of piperidine rings is 1. The predicted octanol–water partition coefficient (Wildman–Crippen LogP) is 3.43. The van der Waals surface area contributed by atoms with Crippen LogP contribution in [0.5, 0.6) is 0 Å². The van der Waals surface area contributed by atoms with Gasteiger partial charge in [0.25, 0.3) is 5.92 Å². The molecule has 0 N–H and O–H groups in total. The van der Waals surface area contributed by atoms with Gasteiger partial charge in [0.05, 0.1) is 17.6 Å². The Hall–Kier alpha value is -2.38. The normalized spacial score (nSPS) is 19.9. The van der Waals surface area contributed by atoms with Gasteiger partial charge in [-0.3, -0.25) is 0 Å². The second-order valence-electron chi connectivity index (χ2n) is 6.11. The van der Waals surface area contributed by atoms with Crippen molar-refractivity contribution in [3.05, 3.63) is 29.7 Å². The number of hydrogen-bond acceptors (Lipinski definition) is 5. The number of hydrogen-bond donors (Lipinski definition) is 0. The number of ether oxygens (including phenoxy) is 1. The van der Waals surface area contributed by atoms with Gasteiger partial charge >= 0.3 is 5.97 Å². The largest absolute Gasteiger partial charge is 0.461 e. The number of carbonyl (C=O) groups excluding carboxylic acids is 1. The van der Waals surface area contributed by atoms with Crippen molar-refractivity contribution in [2.24, 2.45) is 5.92 Å². The minimum atomic E-state index is -2.77. The molecule has 0 radical (unpaired) electrons. The van der Waals surface area contributed by atoms with Crippen molar-refractivity contribution in [2.75, 3.05) is 24.6 Å². The molecule has 0 amide bonds. The van der Waals surface area contributed by atoms with E-state index in [1.165, 1.54) is 25.1 Å². The van der Waals surface area contributed by atoms with Gasteiger partial charge in [-0.15, -0.1) is 0 Å². The Labute approximate surface area is 142 Å². The molecule has 1 aliphatic heterocycles. The van der Waals surface area contributed by atoms with Gasteiger partial charge in [-0.25, -0.2) is 27.9 Å². The molecule has 2 heterocycles. The van der Waals surface area contributed by atoms with Crippen LogP contribution >= 0.6 is 0 Å². The van der Waals surface area contributed by atoms with Gasteiger partial charge in [-0.1, -0.05) is 6.92 Å². The highest BCUT2D eigenvalue weighted by Gasteiger charge is 2.42. The quantitative estimate of drug-likeness (QED) is 0.792. The molecule has 134 valence electrons. The van der Waals surface area contributed by atoms with E-state index < -0.39 is 23.6 Å². The van der Waals surface area contributed by atoms with Crippen LogP contribution < -0.4 is 4.90 Å². The van der Waals surface area contributed by atoms with Gasteiger partial charge in [-0.2, -0.15) is 0 Å². The second-order valence-corrected chi connectivity index (χ2v) is 6.11. The Morgan fingerprint density at radius 1 is 1.36 bits per heavy atom. The monoisotopic (exact) mass is 353 g/mol. The average molecular weight is 353 g/mol. The third kappa shape index (κ3) is 3.38. The summed E-state index contributed by atoms with van der Waals surface area (Å²) in [6, 6.07) is 3.83. The van der Waals surface area contributed by atoms with Gasteiger partial charge < -0.3 is 9.64 Å². The third-order valence-electron chi connectivity index (χ3n) is 4.31. The molecule has 0 saturated carbocycles. The van der Waals surface area contributed by atoms with E-state index in [1.807, 2.05) is 0 Å². The minimum Gasteiger partial charge on any atom is -0.461 e. The van der Waals surface area contributed by atoms with Crippen molar-refractivity contribution in [3.8, 4) is 0 Å². The Balaban J connectivity index is 2.07. The minimum absolute atomic E-state index is 0.0227. The van der Waals surface area contributed by atoms with Crippen LogP contribution in [0.1, 0.15) is 30.8 Å². The molecule has 5 nitrogen and oxygen atoms in total. The lowest BCUT2D eigenvalue weighted by molar-refractivity contribution is -0.0652. The molecule has 1 aromatic carbocycles. The first kappa shape index (κ1) is 17.4. The second kappa shape index (κ2) is 6.50. The number of esters is 1. The van der Waals surface area contributed by atoms with E-state index in [4.69, 9.17) is 4.74 Å². The van der Waals surface area contributed by atoms with Gasteiger partial charge in [0, 0.05) is 31.5 Å². The van der Waals surface area contributed by atoms with Gasteiger partial charge in [0.2, 0.25) is 0 Å². The number of alkyl halides is 2. The van der Waals surface area contributed by atoms with Crippen molar-refractivity contribution in [2.45, 2.75) is 26.2 Å². The molecule has 8 heteroatoms. The van der Waals surface area contributed by atoms with E-state index in [-0.39, 0.29) is 43.1 Å². The van der Waals surface area contributed by atoms with Crippen LogP contribution in [0.2, 0.25) is 0 Å². The number of halogens is 3. The van der Waals surface area contributed by atoms with Crippen LogP contribution in [-0.4, -0.2) is 41.6 Å². The van der Waals surface area contributed by atoms with Crippen molar-refractivity contribution >= 4 is 22.8 Å². The van der Waals surface area contributed by atoms with Gasteiger partial charge in [0.15, 0.2) is 11.5 Å². The van der Waals surface area contributed by atoms with Crippen LogP contribution in [-0.2, 0) is 4.74 Å². The summed E-state index contributed by atoms with van der Waals surface area (Å²) in [7, 11) is 0. The van der Waals surface area contributed by atoms with Crippen LogP contribution in [0, 0.1) is 11.7 Å². The number of aromatic nitrogens is 2. The predicted molar refractivity (Wildman–Crippen MR) is 86.4 cm³/mol. The van der Waals surface area contributed by atoms with E-state index in [0.29, 0.717) is 5.52 Å². The fourth-order valence-electron chi connectivity index (χ4n) is 2.85. The SMILES string of the molecule is CCOC(=O)c1nc2ccc(F)cc2nc1N1CCC(F)(F)C(C)C1. The molecule has 1 aromatic heterocycles. The molecule has 1 atom stereocenters. The van der Waals surface area contributed by atoms with Crippen LogP contribution in [0.15, 0.2) is 18.2 Å². The summed E-state index contributed by atoms with van der Waals surface area (Å²) in [5, 5.41) is 0. The molecule has 3 rings (SSSR count). The number of rotatable bonds is 3. The van der Waals surface area contributed by atoms with Crippen molar-refractivity contribution < 1.29 is 22.7 Å². The molecular formula is C17H18F3N3O2. The summed E-state index contributed by atoms with van der Waals surface area (Å²) < 4.78 is 46.0. The lowest BCUT2D eigenvalue weighted by Gasteiger charge is -2.37. The summed E-state index contributed by atoms with van der Waals surface area (Å²) in [6.45, 7) is 3.30. The van der Waals surface area contributed by atoms with E-state index in [9.17, 15) is 18.0 Å². The Morgan fingerprint density at radius 3 is 2.80 bits per heavy atom. The van der Waals surface area contributed by atoms with Crippen LogP contribution in [0.4, 0.5) is 19.0 Å². The maximum absolute atomic E-state index is 13.8. The Bertz CT molecular complexity index is 813. The summed E-state index contributed by atoms with van der Waals surface area (Å²) in [6.07, 6.45) is -0.348. The fourth-order valence-corrected chi connectivity index (χ4v) is 2.85. The molecule has 1 saturated heterocycles. The highest BCUT2D eigenvalue weighted by molar-refractivity contribution is 5.95. The number of fused-ring (bicyclic) bond motifs is 1. The number of nitrogens with zero attached hydrogens (tertiary/aromatic N) is 3. The molecule has 0 bridgehead atoms. The molecule has 1 fully saturated rings. The zero-order chi connectivity index (χ0) is 18.2. The zero-order valence-electron chi connectivity index (χ0n) is 13.9. The third-order valence-corrected chi connectivity index (χ3v) is 4.31. The van der Waals surface area contributed by atoms with Gasteiger partial charge in [0.1, 0.15) is 5.82 Å². The van der Waals surface area contributed by atoms with E-state index in [2.05, 4.69) is 9.97 Å². The lowest BCUT2D eigenvalue weighted by atomic mass is 9.95. The van der Waals surface area contributed by atoms with Crippen molar-refractivity contribution in [3.63, 3.8) is 0 Å². The first-order valence-corrected chi connectivity index (χ1v) is 8.09. The number of anilines is 1. The number of carbonyl (C=O) groups is 1. The summed E-state index contributed by atoms with van der Waals surface area (Å²) in [5.74, 6) is -4.69. The van der Waals surface area contributed by atoms with Crippen molar-refractivity contribution in [1.82, 2.24) is 9.97 Å². The van der Waals surface area contributed by atoms with Crippen molar-refractivity contribution in [1.29, 1.82) is 0 Å².